The molecule has 4 nitrogen and oxygen atoms in total. The Balaban J connectivity index is 1.39. The van der Waals surface area contributed by atoms with E-state index in [-0.39, 0.29) is 5.78 Å². The summed E-state index contributed by atoms with van der Waals surface area (Å²) in [7, 11) is 0. The van der Waals surface area contributed by atoms with E-state index in [2.05, 4.69) is 30.9 Å². The summed E-state index contributed by atoms with van der Waals surface area (Å²) in [5, 5.41) is 1.06. The average Bonchev–Trinajstić information content (AvgIpc) is 3.12. The summed E-state index contributed by atoms with van der Waals surface area (Å²) in [6, 6.07) is 17.4. The number of allylic oxidation sites excluding steroid dienone is 1. The maximum Gasteiger partial charge on any atom is 0.231 e. The molecule has 168 valence electrons. The lowest BCUT2D eigenvalue weighted by Crippen LogP contribution is -2.31. The molecule has 0 amide bonds. The molecule has 0 aromatic heterocycles. The molecule has 0 saturated carbocycles. The van der Waals surface area contributed by atoms with E-state index in [1.54, 1.807) is 18.2 Å². The third kappa shape index (κ3) is 4.39. The highest BCUT2D eigenvalue weighted by molar-refractivity contribution is 6.42. The lowest BCUT2D eigenvalue weighted by molar-refractivity contribution is 0.0873. The third-order valence-corrected chi connectivity index (χ3v) is 6.71. The average molecular weight is 480 g/mol. The lowest BCUT2D eigenvalue weighted by Gasteiger charge is -2.29. The van der Waals surface area contributed by atoms with Crippen LogP contribution in [-0.4, -0.2) is 17.4 Å². The molecule has 0 bridgehead atoms. The van der Waals surface area contributed by atoms with Gasteiger partial charge in [-0.15, -0.1) is 0 Å². The number of nitrogens with zero attached hydrogens (tertiary/aromatic N) is 1. The molecule has 3 aromatic carbocycles. The van der Waals surface area contributed by atoms with Gasteiger partial charge in [0.1, 0.15) is 18.2 Å². The molecule has 5 rings (SSSR count). The molecule has 0 fully saturated rings. The van der Waals surface area contributed by atoms with Gasteiger partial charge in [-0.05, 0) is 52.9 Å². The highest BCUT2D eigenvalue weighted by atomic mass is 35.5. The fourth-order valence-electron chi connectivity index (χ4n) is 4.13. The Morgan fingerprint density at radius 1 is 1.03 bits per heavy atom. The number of benzene rings is 3. The maximum absolute atomic E-state index is 13.0. The van der Waals surface area contributed by atoms with Crippen LogP contribution in [0.4, 0.5) is 0 Å². The molecular formula is C27H23Cl2NO3. The summed E-state index contributed by atoms with van der Waals surface area (Å²) in [5.41, 5.74) is 4.67. The molecule has 0 unspecified atom stereocenters. The van der Waals surface area contributed by atoms with Crippen LogP contribution in [0.15, 0.2) is 60.4 Å². The molecule has 0 saturated heterocycles. The van der Waals surface area contributed by atoms with Gasteiger partial charge in [-0.25, -0.2) is 0 Å². The minimum Gasteiger partial charge on any atom is -0.478 e. The van der Waals surface area contributed by atoms with Crippen LogP contribution in [0.25, 0.3) is 6.08 Å². The van der Waals surface area contributed by atoms with Crippen molar-refractivity contribution in [1.82, 2.24) is 4.90 Å². The number of hydrogen-bond acceptors (Lipinski definition) is 4. The molecular weight excluding hydrogens is 457 g/mol. The number of ketones is 1. The van der Waals surface area contributed by atoms with Crippen LogP contribution < -0.4 is 9.47 Å². The summed E-state index contributed by atoms with van der Waals surface area (Å²) in [4.78, 5) is 15.2. The fraction of sp³-hybridized carbons (Fsp3) is 0.222. The second-order valence-corrected chi connectivity index (χ2v) is 9.50. The first-order valence-electron chi connectivity index (χ1n) is 10.9. The van der Waals surface area contributed by atoms with Crippen molar-refractivity contribution in [3.8, 4) is 11.5 Å². The molecule has 0 atom stereocenters. The molecule has 2 aliphatic rings. The normalized spacial score (nSPS) is 16.5. The standard InChI is InChI=1S/C27H23Cl2NO3/c1-16(2)19-6-3-17(4-7-19)12-25-26(31)20-8-10-24-21(27(20)33-25)14-30(15-32-24)13-18-5-9-22(28)23(29)11-18/h3-12,16H,13-15H2,1-2H3/b25-12-. The van der Waals surface area contributed by atoms with Gasteiger partial charge in [-0.2, -0.15) is 0 Å². The van der Waals surface area contributed by atoms with Crippen LogP contribution in [-0.2, 0) is 13.1 Å². The van der Waals surface area contributed by atoms with Gasteiger partial charge < -0.3 is 9.47 Å². The first-order chi connectivity index (χ1) is 15.9. The topological polar surface area (TPSA) is 38.8 Å². The number of fused-ring (bicyclic) bond motifs is 3. The van der Waals surface area contributed by atoms with E-state index in [4.69, 9.17) is 32.7 Å². The Labute approximate surface area is 203 Å². The molecule has 0 spiro atoms. The van der Waals surface area contributed by atoms with Crippen molar-refractivity contribution in [2.24, 2.45) is 0 Å². The van der Waals surface area contributed by atoms with E-state index in [1.165, 1.54) is 5.56 Å². The van der Waals surface area contributed by atoms with Crippen molar-refractivity contribution in [2.75, 3.05) is 6.73 Å². The van der Waals surface area contributed by atoms with Crippen LogP contribution in [0.3, 0.4) is 0 Å². The van der Waals surface area contributed by atoms with Gasteiger partial charge in [-0.3, -0.25) is 9.69 Å². The van der Waals surface area contributed by atoms with Gasteiger partial charge in [0.05, 0.1) is 21.2 Å². The molecule has 2 heterocycles. The lowest BCUT2D eigenvalue weighted by atomic mass is 10.0. The summed E-state index contributed by atoms with van der Waals surface area (Å²) in [6.45, 7) is 5.99. The number of hydrogen-bond donors (Lipinski definition) is 0. The number of carbonyl (C=O) groups excluding carboxylic acids is 1. The first kappa shape index (κ1) is 22.0. The van der Waals surface area contributed by atoms with Crippen LogP contribution in [0, 0.1) is 0 Å². The first-order valence-corrected chi connectivity index (χ1v) is 11.6. The second-order valence-electron chi connectivity index (χ2n) is 8.69. The Morgan fingerprint density at radius 3 is 2.55 bits per heavy atom. The van der Waals surface area contributed by atoms with Gasteiger partial charge in [0.2, 0.25) is 5.78 Å². The zero-order valence-corrected chi connectivity index (χ0v) is 19.9. The second kappa shape index (κ2) is 8.86. The van der Waals surface area contributed by atoms with Gasteiger partial charge in [0.25, 0.3) is 0 Å². The highest BCUT2D eigenvalue weighted by Gasteiger charge is 2.33. The van der Waals surface area contributed by atoms with Crippen LogP contribution in [0.2, 0.25) is 10.0 Å². The van der Waals surface area contributed by atoms with Crippen LogP contribution >= 0.6 is 23.2 Å². The number of halogens is 2. The minimum atomic E-state index is -0.109. The van der Waals surface area contributed by atoms with Crippen molar-refractivity contribution in [2.45, 2.75) is 32.9 Å². The quantitative estimate of drug-likeness (QED) is 0.374. The smallest absolute Gasteiger partial charge is 0.231 e. The number of rotatable bonds is 4. The van der Waals surface area contributed by atoms with E-state index in [0.29, 0.717) is 52.9 Å². The molecule has 33 heavy (non-hydrogen) atoms. The molecule has 0 aliphatic carbocycles. The Hall–Kier alpha value is -2.79. The predicted molar refractivity (Wildman–Crippen MR) is 131 cm³/mol. The minimum absolute atomic E-state index is 0.109. The van der Waals surface area contributed by atoms with Crippen molar-refractivity contribution >= 4 is 35.1 Å². The Morgan fingerprint density at radius 2 is 1.82 bits per heavy atom. The van der Waals surface area contributed by atoms with E-state index < -0.39 is 0 Å². The van der Waals surface area contributed by atoms with Crippen molar-refractivity contribution < 1.29 is 14.3 Å². The zero-order chi connectivity index (χ0) is 23.1. The predicted octanol–water partition coefficient (Wildman–Crippen LogP) is 7.09. The summed E-state index contributed by atoms with van der Waals surface area (Å²) in [5.74, 6) is 2.01. The molecule has 6 heteroatoms. The highest BCUT2D eigenvalue weighted by Crippen LogP contribution is 2.42. The van der Waals surface area contributed by atoms with E-state index in [9.17, 15) is 4.79 Å². The van der Waals surface area contributed by atoms with E-state index in [1.807, 2.05) is 30.3 Å². The van der Waals surface area contributed by atoms with Crippen molar-refractivity contribution in [3.63, 3.8) is 0 Å². The third-order valence-electron chi connectivity index (χ3n) is 5.97. The van der Waals surface area contributed by atoms with Crippen LogP contribution in [0.1, 0.15) is 52.4 Å². The summed E-state index contributed by atoms with van der Waals surface area (Å²) in [6.07, 6.45) is 1.80. The molecule has 0 N–H and O–H groups in total. The zero-order valence-electron chi connectivity index (χ0n) is 18.4. The number of ether oxygens (including phenoxy) is 2. The van der Waals surface area contributed by atoms with Gasteiger partial charge >= 0.3 is 0 Å². The monoisotopic (exact) mass is 479 g/mol. The Kier molecular flexibility index (Phi) is 5.92. The number of carbonyl (C=O) groups is 1. The maximum atomic E-state index is 13.0. The fourth-order valence-corrected chi connectivity index (χ4v) is 4.45. The Bertz CT molecular complexity index is 1270. The van der Waals surface area contributed by atoms with Gasteiger partial charge in [0.15, 0.2) is 5.76 Å². The summed E-state index contributed by atoms with van der Waals surface area (Å²) >= 11 is 12.2. The SMILES string of the molecule is CC(C)c1ccc(/C=C2\Oc3c(ccc4c3CN(Cc3ccc(Cl)c(Cl)c3)CO4)C2=O)cc1. The molecule has 0 radical (unpaired) electrons. The largest absolute Gasteiger partial charge is 0.478 e. The van der Waals surface area contributed by atoms with Crippen molar-refractivity contribution in [3.05, 3.63) is 98.2 Å². The number of Topliss-reactive ketones (excluding diaryl/α,β-unsaturated/α-hetero) is 1. The van der Waals surface area contributed by atoms with Gasteiger partial charge in [-0.1, -0.05) is 67.4 Å². The van der Waals surface area contributed by atoms with E-state index >= 15 is 0 Å². The molecule has 3 aromatic rings. The van der Waals surface area contributed by atoms with E-state index in [0.717, 1.165) is 22.4 Å². The summed E-state index contributed by atoms with van der Waals surface area (Å²) < 4.78 is 12.1. The molecule has 2 aliphatic heterocycles. The van der Waals surface area contributed by atoms with Crippen LogP contribution in [0.5, 0.6) is 11.5 Å². The van der Waals surface area contributed by atoms with Gasteiger partial charge in [0, 0.05) is 13.1 Å². The van der Waals surface area contributed by atoms with Crippen molar-refractivity contribution in [1.29, 1.82) is 0 Å².